The highest BCUT2D eigenvalue weighted by atomic mass is 16.4. The zero-order chi connectivity index (χ0) is 18.0. The van der Waals surface area contributed by atoms with Crippen LogP contribution in [-0.4, -0.2) is 17.0 Å². The second-order valence-corrected chi connectivity index (χ2v) is 5.78. The molecule has 4 heteroatoms. The maximum Gasteiger partial charge on any atom is 0.328 e. The minimum Gasteiger partial charge on any atom is -0.478 e. The number of carbonyl (C=O) groups is 2. The molecule has 0 aliphatic carbocycles. The molecular formula is C20H31NO3. The molecule has 0 radical (unpaired) electrons. The molecule has 3 N–H and O–H groups in total. The second-order valence-electron chi connectivity index (χ2n) is 5.78. The Morgan fingerprint density at radius 1 is 0.917 bits per heavy atom. The van der Waals surface area contributed by atoms with Crippen LogP contribution in [0.5, 0.6) is 0 Å². The number of unbranched alkanes of at least 4 members (excludes halogenated alkanes) is 7. The first kappa shape index (κ1) is 21.9. The fourth-order valence-corrected chi connectivity index (χ4v) is 2.26. The number of rotatable bonds is 11. The molecule has 0 bridgehead atoms. The third kappa shape index (κ3) is 16.3. The van der Waals surface area contributed by atoms with Crippen molar-refractivity contribution in [2.45, 2.75) is 64.7 Å². The third-order valence-electron chi connectivity index (χ3n) is 3.55. The normalized spacial score (nSPS) is 10.2. The van der Waals surface area contributed by atoms with Crippen LogP contribution in [0.25, 0.3) is 0 Å². The number of carboxylic acids is 1. The van der Waals surface area contributed by atoms with Crippen LogP contribution in [0.2, 0.25) is 0 Å². The molecule has 4 nitrogen and oxygen atoms in total. The summed E-state index contributed by atoms with van der Waals surface area (Å²) >= 11 is 0. The number of hydrogen-bond acceptors (Lipinski definition) is 2. The largest absolute Gasteiger partial charge is 0.478 e. The zero-order valence-electron chi connectivity index (χ0n) is 14.7. The Morgan fingerprint density at radius 2 is 1.46 bits per heavy atom. The van der Waals surface area contributed by atoms with E-state index in [4.69, 9.17) is 5.11 Å². The molecule has 1 aromatic rings. The molecule has 1 aromatic carbocycles. The summed E-state index contributed by atoms with van der Waals surface area (Å²) < 4.78 is 0. The summed E-state index contributed by atoms with van der Waals surface area (Å²) in [6.07, 6.45) is 14.0. The highest BCUT2D eigenvalue weighted by molar-refractivity contribution is 5.92. The smallest absolute Gasteiger partial charge is 0.328 e. The minimum atomic E-state index is -1.18. The summed E-state index contributed by atoms with van der Waals surface area (Å²) in [7, 11) is 0. The van der Waals surface area contributed by atoms with Crippen LogP contribution < -0.4 is 5.73 Å². The van der Waals surface area contributed by atoms with Crippen LogP contribution in [0.1, 0.15) is 63.9 Å². The lowest BCUT2D eigenvalue weighted by Gasteiger charge is -2.02. The third-order valence-corrected chi connectivity index (χ3v) is 3.55. The first-order valence-corrected chi connectivity index (χ1v) is 8.80. The van der Waals surface area contributed by atoms with Gasteiger partial charge in [-0.05, 0) is 18.4 Å². The van der Waals surface area contributed by atoms with Gasteiger partial charge in [0.15, 0.2) is 0 Å². The van der Waals surface area contributed by atoms with Gasteiger partial charge in [-0.3, -0.25) is 4.79 Å². The van der Waals surface area contributed by atoms with Crippen LogP contribution in [0.15, 0.2) is 42.5 Å². The summed E-state index contributed by atoms with van der Waals surface area (Å²) in [5.41, 5.74) is 6.05. The van der Waals surface area contributed by atoms with Gasteiger partial charge < -0.3 is 10.8 Å². The predicted octanol–water partition coefficient (Wildman–Crippen LogP) is 4.48. The highest BCUT2D eigenvalue weighted by Gasteiger charge is 1.93. The minimum absolute atomic E-state index is 0.683. The quantitative estimate of drug-likeness (QED) is 0.463. The molecule has 0 heterocycles. The maximum absolute atomic E-state index is 9.78. The summed E-state index contributed by atoms with van der Waals surface area (Å²) in [4.78, 5) is 19.4. The van der Waals surface area contributed by atoms with E-state index in [0.29, 0.717) is 6.08 Å². The molecule has 0 spiro atoms. The number of aryl methyl sites for hydroxylation is 1. The number of carbonyl (C=O) groups excluding carboxylic acids is 1. The Hall–Kier alpha value is -2.10. The molecule has 0 atom stereocenters. The number of nitrogens with two attached hydrogens (primary N) is 1. The standard InChI is InChI=1S/C16H26.C4H5NO3/c1-2-3-4-5-6-7-8-10-13-16-14-11-9-12-15-16;5-3(6)1-2-4(7)8/h9,11-12,14-15H,2-8,10,13H2,1H3;1-2H,(H2,5,6)(H,7,8)/b;2-1-. The van der Waals surface area contributed by atoms with Gasteiger partial charge in [-0.1, -0.05) is 82.2 Å². The van der Waals surface area contributed by atoms with Crippen molar-refractivity contribution in [3.05, 3.63) is 48.0 Å². The van der Waals surface area contributed by atoms with E-state index >= 15 is 0 Å². The van der Waals surface area contributed by atoms with Crippen molar-refractivity contribution < 1.29 is 14.7 Å². The Kier molecular flexibility index (Phi) is 14.4. The van der Waals surface area contributed by atoms with Crippen molar-refractivity contribution >= 4 is 11.9 Å². The second kappa shape index (κ2) is 15.8. The van der Waals surface area contributed by atoms with Crippen LogP contribution >= 0.6 is 0 Å². The van der Waals surface area contributed by atoms with Crippen molar-refractivity contribution in [2.24, 2.45) is 5.73 Å². The summed E-state index contributed by atoms with van der Waals surface area (Å²) in [6.45, 7) is 2.28. The lowest BCUT2D eigenvalue weighted by Crippen LogP contribution is -2.06. The molecule has 1 amide bonds. The number of aliphatic carboxylic acids is 1. The molecule has 24 heavy (non-hydrogen) atoms. The van der Waals surface area contributed by atoms with Gasteiger partial charge in [0.05, 0.1) is 0 Å². The average molecular weight is 333 g/mol. The molecule has 0 aliphatic heterocycles. The van der Waals surface area contributed by atoms with E-state index in [1.165, 1.54) is 63.4 Å². The van der Waals surface area contributed by atoms with Crippen LogP contribution in [0.3, 0.4) is 0 Å². The van der Waals surface area contributed by atoms with E-state index in [1.54, 1.807) is 0 Å². The lowest BCUT2D eigenvalue weighted by molar-refractivity contribution is -0.131. The number of primary amides is 1. The van der Waals surface area contributed by atoms with E-state index in [2.05, 4.69) is 43.0 Å². The van der Waals surface area contributed by atoms with Crippen LogP contribution in [-0.2, 0) is 16.0 Å². The van der Waals surface area contributed by atoms with E-state index in [0.717, 1.165) is 6.08 Å². The lowest BCUT2D eigenvalue weighted by atomic mass is 10.0. The van der Waals surface area contributed by atoms with Crippen molar-refractivity contribution in [2.75, 3.05) is 0 Å². The molecule has 0 aliphatic rings. The van der Waals surface area contributed by atoms with Crippen molar-refractivity contribution in [1.29, 1.82) is 0 Å². The molecule has 0 fully saturated rings. The number of hydrogen-bond donors (Lipinski definition) is 2. The average Bonchev–Trinajstić information content (AvgIpc) is 2.57. The van der Waals surface area contributed by atoms with Gasteiger partial charge in [0.25, 0.3) is 0 Å². The van der Waals surface area contributed by atoms with Crippen molar-refractivity contribution in [3.8, 4) is 0 Å². The highest BCUT2D eigenvalue weighted by Crippen LogP contribution is 2.10. The summed E-state index contributed by atoms with van der Waals surface area (Å²) in [5, 5.41) is 7.87. The Morgan fingerprint density at radius 3 is 1.92 bits per heavy atom. The van der Waals surface area contributed by atoms with Crippen LogP contribution in [0.4, 0.5) is 0 Å². The zero-order valence-corrected chi connectivity index (χ0v) is 14.7. The first-order valence-electron chi connectivity index (χ1n) is 8.80. The van der Waals surface area contributed by atoms with Gasteiger partial charge in [0, 0.05) is 12.2 Å². The van der Waals surface area contributed by atoms with Gasteiger partial charge in [0.2, 0.25) is 5.91 Å². The molecule has 1 rings (SSSR count). The van der Waals surface area contributed by atoms with Gasteiger partial charge >= 0.3 is 5.97 Å². The molecule has 134 valence electrons. The van der Waals surface area contributed by atoms with E-state index in [-0.39, 0.29) is 0 Å². The Labute approximate surface area is 145 Å². The molecule has 0 saturated heterocycles. The fourth-order valence-electron chi connectivity index (χ4n) is 2.26. The summed E-state index contributed by atoms with van der Waals surface area (Å²) in [6, 6.07) is 10.8. The SMILES string of the molecule is CCCCCCCCCCc1ccccc1.NC(=O)/C=C\C(=O)O. The molecule has 0 aromatic heterocycles. The monoisotopic (exact) mass is 333 g/mol. The van der Waals surface area contributed by atoms with E-state index in [9.17, 15) is 9.59 Å². The Bertz CT molecular complexity index is 453. The van der Waals surface area contributed by atoms with Crippen LogP contribution in [0, 0.1) is 0 Å². The summed E-state index contributed by atoms with van der Waals surface area (Å²) in [5.74, 6) is -1.93. The number of benzene rings is 1. The van der Waals surface area contributed by atoms with Gasteiger partial charge in [0.1, 0.15) is 0 Å². The molecular weight excluding hydrogens is 302 g/mol. The topological polar surface area (TPSA) is 80.4 Å². The molecule has 0 unspecified atom stereocenters. The van der Waals surface area contributed by atoms with Crippen molar-refractivity contribution in [3.63, 3.8) is 0 Å². The predicted molar refractivity (Wildman–Crippen MR) is 98.7 cm³/mol. The maximum atomic E-state index is 9.78. The van der Waals surface area contributed by atoms with E-state index < -0.39 is 11.9 Å². The number of amides is 1. The van der Waals surface area contributed by atoms with Gasteiger partial charge in [-0.25, -0.2) is 4.79 Å². The molecule has 0 saturated carbocycles. The Balaban J connectivity index is 0.000000561. The number of carboxylic acid groups (broad SMARTS) is 1. The van der Waals surface area contributed by atoms with E-state index in [1.807, 2.05) is 0 Å². The first-order chi connectivity index (χ1) is 11.6. The van der Waals surface area contributed by atoms with Gasteiger partial charge in [-0.15, -0.1) is 0 Å². The van der Waals surface area contributed by atoms with Gasteiger partial charge in [-0.2, -0.15) is 0 Å². The fraction of sp³-hybridized carbons (Fsp3) is 0.500. The van der Waals surface area contributed by atoms with Crippen molar-refractivity contribution in [1.82, 2.24) is 0 Å².